The van der Waals surface area contributed by atoms with Gasteiger partial charge in [-0.2, -0.15) is 0 Å². The third kappa shape index (κ3) is 3.27. The molecule has 1 aromatic heterocycles. The van der Waals surface area contributed by atoms with Gasteiger partial charge in [-0.15, -0.1) is 11.8 Å². The Bertz CT molecular complexity index is 693. The number of rotatable bonds is 5. The van der Waals surface area contributed by atoms with Gasteiger partial charge in [-0.05, 0) is 18.2 Å². The van der Waals surface area contributed by atoms with Crippen molar-refractivity contribution in [3.8, 4) is 11.5 Å². The summed E-state index contributed by atoms with van der Waals surface area (Å²) in [5.74, 6) is 2.06. The lowest BCUT2D eigenvalue weighted by atomic mass is 10.1. The molecule has 1 aromatic carbocycles. The average molecular weight is 330 g/mol. The summed E-state index contributed by atoms with van der Waals surface area (Å²) in [4.78, 5) is 18.3. The van der Waals surface area contributed by atoms with Gasteiger partial charge >= 0.3 is 0 Å². The number of hydrogen-bond acceptors (Lipinski definition) is 5. The van der Waals surface area contributed by atoms with Crippen molar-refractivity contribution in [1.29, 1.82) is 0 Å². The first-order valence-corrected chi connectivity index (χ1v) is 8.29. The van der Waals surface area contributed by atoms with Crippen LogP contribution in [-0.2, 0) is 11.3 Å². The molecule has 1 aliphatic rings. The molecule has 120 valence electrons. The van der Waals surface area contributed by atoms with Gasteiger partial charge in [0.25, 0.3) is 0 Å². The normalized spacial score (nSPS) is 17.4. The number of carbonyl (C=O) groups excluding carboxylic acids is 1. The van der Waals surface area contributed by atoms with E-state index in [-0.39, 0.29) is 11.3 Å². The topological polar surface area (TPSA) is 51.7 Å². The summed E-state index contributed by atoms with van der Waals surface area (Å²) in [5, 5.41) is -0.0111. The predicted octanol–water partition coefficient (Wildman–Crippen LogP) is 2.87. The van der Waals surface area contributed by atoms with E-state index in [0.29, 0.717) is 12.3 Å². The first-order valence-electron chi connectivity index (χ1n) is 7.25. The molecule has 1 amide bonds. The van der Waals surface area contributed by atoms with Crippen LogP contribution in [0.5, 0.6) is 11.5 Å². The Hall–Kier alpha value is -2.21. The molecule has 0 N–H and O–H groups in total. The van der Waals surface area contributed by atoms with E-state index in [1.165, 1.54) is 0 Å². The minimum atomic E-state index is -0.0111. The van der Waals surface area contributed by atoms with Crippen LogP contribution in [-0.4, -0.2) is 35.8 Å². The van der Waals surface area contributed by atoms with Crippen LogP contribution in [0.1, 0.15) is 16.5 Å². The number of ether oxygens (including phenoxy) is 2. The maximum absolute atomic E-state index is 12.3. The second-order valence-electron chi connectivity index (χ2n) is 5.15. The summed E-state index contributed by atoms with van der Waals surface area (Å²) >= 11 is 1.62. The SMILES string of the molecule is COc1ccc(CN2C(=O)CSC2c2cccnc2)c(OC)c1. The fraction of sp³-hybridized carbons (Fsp3) is 0.294. The summed E-state index contributed by atoms with van der Waals surface area (Å²) in [7, 11) is 3.24. The fourth-order valence-corrected chi connectivity index (χ4v) is 3.76. The number of hydrogen-bond donors (Lipinski definition) is 0. The Morgan fingerprint density at radius 2 is 2.17 bits per heavy atom. The molecule has 1 fully saturated rings. The van der Waals surface area contributed by atoms with Crippen LogP contribution < -0.4 is 9.47 Å². The van der Waals surface area contributed by atoms with Crippen molar-refractivity contribution in [2.24, 2.45) is 0 Å². The monoisotopic (exact) mass is 330 g/mol. The second-order valence-corrected chi connectivity index (χ2v) is 6.22. The highest BCUT2D eigenvalue weighted by molar-refractivity contribution is 8.00. The molecule has 5 nitrogen and oxygen atoms in total. The van der Waals surface area contributed by atoms with E-state index < -0.39 is 0 Å². The van der Waals surface area contributed by atoms with Gasteiger partial charge in [-0.3, -0.25) is 9.78 Å². The largest absolute Gasteiger partial charge is 0.497 e. The average Bonchev–Trinajstić information content (AvgIpc) is 2.97. The van der Waals surface area contributed by atoms with E-state index >= 15 is 0 Å². The summed E-state index contributed by atoms with van der Waals surface area (Å²) in [6, 6.07) is 9.55. The zero-order chi connectivity index (χ0) is 16.2. The Kier molecular flexibility index (Phi) is 4.71. The van der Waals surface area contributed by atoms with Gasteiger partial charge in [0.1, 0.15) is 16.9 Å². The summed E-state index contributed by atoms with van der Waals surface area (Å²) < 4.78 is 10.7. The van der Waals surface area contributed by atoms with Gasteiger partial charge in [-0.25, -0.2) is 0 Å². The van der Waals surface area contributed by atoms with E-state index in [1.54, 1.807) is 32.2 Å². The molecule has 0 aliphatic carbocycles. The second kappa shape index (κ2) is 6.91. The first kappa shape index (κ1) is 15.7. The molecule has 0 saturated carbocycles. The molecule has 3 rings (SSSR count). The molecule has 2 heterocycles. The van der Waals surface area contributed by atoms with Crippen molar-refractivity contribution in [2.45, 2.75) is 11.9 Å². The number of nitrogens with zero attached hydrogens (tertiary/aromatic N) is 2. The van der Waals surface area contributed by atoms with E-state index in [2.05, 4.69) is 4.98 Å². The number of aromatic nitrogens is 1. The van der Waals surface area contributed by atoms with Crippen LogP contribution >= 0.6 is 11.8 Å². The molecule has 0 bridgehead atoms. The van der Waals surface area contributed by atoms with Crippen molar-refractivity contribution in [3.63, 3.8) is 0 Å². The standard InChI is InChI=1S/C17H18N2O3S/c1-21-14-6-5-13(15(8-14)22-2)10-19-16(20)11-23-17(19)12-4-3-7-18-9-12/h3-9,17H,10-11H2,1-2H3. The van der Waals surface area contributed by atoms with Crippen LogP contribution in [0.2, 0.25) is 0 Å². The molecular weight excluding hydrogens is 312 g/mol. The summed E-state index contributed by atoms with van der Waals surface area (Å²) in [6.07, 6.45) is 3.55. The van der Waals surface area contributed by atoms with Crippen molar-refractivity contribution in [3.05, 3.63) is 53.9 Å². The van der Waals surface area contributed by atoms with E-state index in [9.17, 15) is 4.79 Å². The molecule has 1 saturated heterocycles. The van der Waals surface area contributed by atoms with Gasteiger partial charge in [0, 0.05) is 29.6 Å². The molecule has 2 aromatic rings. The number of thioether (sulfide) groups is 1. The number of methoxy groups -OCH3 is 2. The fourth-order valence-electron chi connectivity index (χ4n) is 2.59. The van der Waals surface area contributed by atoms with Gasteiger partial charge in [0.2, 0.25) is 5.91 Å². The van der Waals surface area contributed by atoms with E-state index in [4.69, 9.17) is 9.47 Å². The van der Waals surface area contributed by atoms with Crippen molar-refractivity contribution < 1.29 is 14.3 Å². The van der Waals surface area contributed by atoms with Crippen molar-refractivity contribution in [2.75, 3.05) is 20.0 Å². The van der Waals surface area contributed by atoms with E-state index in [1.807, 2.05) is 41.4 Å². The number of carbonyl (C=O) groups is 1. The highest BCUT2D eigenvalue weighted by atomic mass is 32.2. The lowest BCUT2D eigenvalue weighted by Gasteiger charge is -2.25. The minimum absolute atomic E-state index is 0.0111. The molecule has 6 heteroatoms. The van der Waals surface area contributed by atoms with Crippen molar-refractivity contribution in [1.82, 2.24) is 9.88 Å². The molecule has 0 spiro atoms. The van der Waals surface area contributed by atoms with Crippen LogP contribution in [0.4, 0.5) is 0 Å². The quantitative estimate of drug-likeness (QED) is 0.844. The molecule has 1 atom stereocenters. The van der Waals surface area contributed by atoms with Gasteiger partial charge in [0.15, 0.2) is 0 Å². The molecule has 1 aliphatic heterocycles. The lowest BCUT2D eigenvalue weighted by molar-refractivity contribution is -0.128. The summed E-state index contributed by atoms with van der Waals surface area (Å²) in [5.41, 5.74) is 1.99. The zero-order valence-corrected chi connectivity index (χ0v) is 13.9. The highest BCUT2D eigenvalue weighted by Gasteiger charge is 2.33. The summed E-state index contributed by atoms with van der Waals surface area (Å²) in [6.45, 7) is 0.499. The van der Waals surface area contributed by atoms with Crippen LogP contribution in [0, 0.1) is 0 Å². The highest BCUT2D eigenvalue weighted by Crippen LogP contribution is 2.40. The molecule has 1 unspecified atom stereocenters. The van der Waals surface area contributed by atoms with E-state index in [0.717, 1.165) is 22.6 Å². The Morgan fingerprint density at radius 3 is 2.87 bits per heavy atom. The number of amides is 1. The predicted molar refractivity (Wildman–Crippen MR) is 89.5 cm³/mol. The maximum atomic E-state index is 12.3. The zero-order valence-electron chi connectivity index (χ0n) is 13.1. The third-order valence-corrected chi connectivity index (χ3v) is 5.03. The Balaban J connectivity index is 1.87. The first-order chi connectivity index (χ1) is 11.2. The minimum Gasteiger partial charge on any atom is -0.497 e. The van der Waals surface area contributed by atoms with Gasteiger partial charge in [0.05, 0.1) is 26.5 Å². The third-order valence-electron chi connectivity index (χ3n) is 3.77. The molecule has 23 heavy (non-hydrogen) atoms. The smallest absolute Gasteiger partial charge is 0.234 e. The number of benzene rings is 1. The van der Waals surface area contributed by atoms with Gasteiger partial charge in [-0.1, -0.05) is 6.07 Å². The number of pyridine rings is 1. The maximum Gasteiger partial charge on any atom is 0.234 e. The van der Waals surface area contributed by atoms with Crippen molar-refractivity contribution >= 4 is 17.7 Å². The Morgan fingerprint density at radius 1 is 1.30 bits per heavy atom. The molecule has 0 radical (unpaired) electrons. The van der Waals surface area contributed by atoms with Crippen LogP contribution in [0.25, 0.3) is 0 Å². The molecular formula is C17H18N2O3S. The van der Waals surface area contributed by atoms with Crippen LogP contribution in [0.15, 0.2) is 42.7 Å². The Labute approximate surface area is 139 Å². The lowest BCUT2D eigenvalue weighted by Crippen LogP contribution is -2.27. The van der Waals surface area contributed by atoms with Gasteiger partial charge < -0.3 is 14.4 Å². The van der Waals surface area contributed by atoms with Crippen LogP contribution in [0.3, 0.4) is 0 Å².